The predicted octanol–water partition coefficient (Wildman–Crippen LogP) is 2.71. The highest BCUT2D eigenvalue weighted by molar-refractivity contribution is 7.13. The molecule has 23 heavy (non-hydrogen) atoms. The second-order valence-electron chi connectivity index (χ2n) is 5.17. The van der Waals surface area contributed by atoms with Crippen molar-refractivity contribution in [3.05, 3.63) is 45.4 Å². The zero-order valence-electron chi connectivity index (χ0n) is 13.1. The molecule has 1 atom stereocenters. The van der Waals surface area contributed by atoms with Gasteiger partial charge in [0.25, 0.3) is 5.91 Å². The smallest absolute Gasteiger partial charge is 0.347 e. The first-order chi connectivity index (χ1) is 10.9. The number of carboxylic acid groups (broad SMARTS) is 1. The normalized spacial score (nSPS) is 11.8. The highest BCUT2D eigenvalue weighted by Crippen LogP contribution is 2.23. The Morgan fingerprint density at radius 3 is 2.74 bits per heavy atom. The second-order valence-corrected chi connectivity index (χ2v) is 6.20. The third kappa shape index (κ3) is 4.53. The monoisotopic (exact) mass is 334 g/mol. The van der Waals surface area contributed by atoms with Gasteiger partial charge in [-0.1, -0.05) is 12.1 Å². The molecule has 1 amide bonds. The van der Waals surface area contributed by atoms with Crippen LogP contribution < -0.4 is 10.1 Å². The van der Waals surface area contributed by atoms with Gasteiger partial charge >= 0.3 is 5.97 Å². The fourth-order valence-electron chi connectivity index (χ4n) is 2.00. The Hall–Kier alpha value is -2.41. The molecular formula is C16H18N2O4S. The highest BCUT2D eigenvalue weighted by atomic mass is 32.1. The minimum Gasteiger partial charge on any atom is -0.484 e. The van der Waals surface area contributed by atoms with Crippen molar-refractivity contribution < 1.29 is 19.4 Å². The molecule has 0 spiro atoms. The summed E-state index contributed by atoms with van der Waals surface area (Å²) in [6.07, 6.45) is 0. The van der Waals surface area contributed by atoms with E-state index in [2.05, 4.69) is 10.3 Å². The average molecular weight is 334 g/mol. The molecule has 7 heteroatoms. The number of benzene rings is 1. The van der Waals surface area contributed by atoms with E-state index in [1.807, 2.05) is 25.1 Å². The van der Waals surface area contributed by atoms with Gasteiger partial charge in [-0.05, 0) is 38.5 Å². The molecule has 2 aromatic rings. The van der Waals surface area contributed by atoms with Crippen molar-refractivity contribution >= 4 is 23.2 Å². The van der Waals surface area contributed by atoms with Crippen molar-refractivity contribution in [1.29, 1.82) is 0 Å². The largest absolute Gasteiger partial charge is 0.484 e. The first-order valence-electron chi connectivity index (χ1n) is 7.06. The number of thiazole rings is 1. The van der Waals surface area contributed by atoms with E-state index in [1.165, 1.54) is 0 Å². The molecule has 0 bridgehead atoms. The van der Waals surface area contributed by atoms with Crippen LogP contribution in [-0.4, -0.2) is 28.6 Å². The Bertz CT molecular complexity index is 727. The van der Waals surface area contributed by atoms with Gasteiger partial charge in [-0.3, -0.25) is 4.79 Å². The zero-order valence-corrected chi connectivity index (χ0v) is 13.9. The van der Waals surface area contributed by atoms with Crippen LogP contribution >= 0.6 is 11.3 Å². The number of ether oxygens (including phenoxy) is 1. The summed E-state index contributed by atoms with van der Waals surface area (Å²) in [5.74, 6) is -0.664. The number of hydrogen-bond donors (Lipinski definition) is 2. The molecule has 1 aromatic carbocycles. The summed E-state index contributed by atoms with van der Waals surface area (Å²) in [4.78, 5) is 27.4. The summed E-state index contributed by atoms with van der Waals surface area (Å²) in [5.41, 5.74) is 1.50. The van der Waals surface area contributed by atoms with Crippen LogP contribution in [0.5, 0.6) is 5.75 Å². The van der Waals surface area contributed by atoms with Crippen LogP contribution in [0.25, 0.3) is 0 Å². The van der Waals surface area contributed by atoms with Crippen LogP contribution in [0.4, 0.5) is 0 Å². The number of rotatable bonds is 6. The van der Waals surface area contributed by atoms with Crippen LogP contribution in [0, 0.1) is 13.8 Å². The molecule has 1 heterocycles. The van der Waals surface area contributed by atoms with Crippen LogP contribution in [0.3, 0.4) is 0 Å². The molecule has 0 saturated heterocycles. The highest BCUT2D eigenvalue weighted by Gasteiger charge is 2.19. The summed E-state index contributed by atoms with van der Waals surface area (Å²) in [7, 11) is 0. The molecular weight excluding hydrogens is 316 g/mol. The van der Waals surface area contributed by atoms with Crippen molar-refractivity contribution in [2.75, 3.05) is 6.61 Å². The van der Waals surface area contributed by atoms with Crippen LogP contribution in [0.2, 0.25) is 0 Å². The molecule has 1 aromatic heterocycles. The van der Waals surface area contributed by atoms with Gasteiger partial charge in [0.1, 0.15) is 15.6 Å². The molecule has 6 nitrogen and oxygen atoms in total. The third-order valence-electron chi connectivity index (χ3n) is 3.11. The molecule has 2 rings (SSSR count). The minimum atomic E-state index is -1.01. The van der Waals surface area contributed by atoms with Crippen molar-refractivity contribution in [1.82, 2.24) is 10.3 Å². The van der Waals surface area contributed by atoms with Crippen molar-refractivity contribution in [3.8, 4) is 5.75 Å². The SMILES string of the molecule is Cc1cccc(OCC(=O)NC(C)c2nc(C)c(C(=O)O)s2)c1. The van der Waals surface area contributed by atoms with E-state index in [0.29, 0.717) is 16.5 Å². The van der Waals surface area contributed by atoms with Gasteiger partial charge in [-0.15, -0.1) is 11.3 Å². The molecule has 2 N–H and O–H groups in total. The van der Waals surface area contributed by atoms with Crippen molar-refractivity contribution in [2.24, 2.45) is 0 Å². The topological polar surface area (TPSA) is 88.5 Å². The molecule has 0 fully saturated rings. The Morgan fingerprint density at radius 2 is 2.13 bits per heavy atom. The van der Waals surface area contributed by atoms with E-state index in [-0.39, 0.29) is 23.4 Å². The maximum Gasteiger partial charge on any atom is 0.347 e. The van der Waals surface area contributed by atoms with E-state index >= 15 is 0 Å². The molecule has 0 saturated carbocycles. The Balaban J connectivity index is 1.92. The lowest BCUT2D eigenvalue weighted by Crippen LogP contribution is -2.31. The van der Waals surface area contributed by atoms with Crippen LogP contribution in [0.15, 0.2) is 24.3 Å². The third-order valence-corrected chi connectivity index (χ3v) is 4.44. The zero-order chi connectivity index (χ0) is 17.0. The standard InChI is InChI=1S/C16H18N2O4S/c1-9-5-4-6-12(7-9)22-8-13(19)17-11(3)15-18-10(2)14(23-15)16(20)21/h4-7,11H,8H2,1-3H3,(H,17,19)(H,20,21). The molecule has 1 unspecified atom stereocenters. The van der Waals surface area contributed by atoms with Gasteiger partial charge in [0.2, 0.25) is 0 Å². The number of amides is 1. The Kier molecular flexibility index (Phi) is 5.33. The van der Waals surface area contributed by atoms with Crippen molar-refractivity contribution in [3.63, 3.8) is 0 Å². The van der Waals surface area contributed by atoms with Gasteiger partial charge < -0.3 is 15.2 Å². The number of aromatic nitrogens is 1. The van der Waals surface area contributed by atoms with Crippen LogP contribution in [0.1, 0.15) is 38.9 Å². The maximum absolute atomic E-state index is 11.9. The first kappa shape index (κ1) is 17.0. The van der Waals surface area contributed by atoms with E-state index in [1.54, 1.807) is 19.9 Å². The molecule has 0 aliphatic rings. The summed E-state index contributed by atoms with van der Waals surface area (Å²) < 4.78 is 5.43. The van der Waals surface area contributed by atoms with E-state index in [9.17, 15) is 9.59 Å². The predicted molar refractivity (Wildman–Crippen MR) is 87.0 cm³/mol. The number of nitrogens with zero attached hydrogens (tertiary/aromatic N) is 1. The van der Waals surface area contributed by atoms with E-state index < -0.39 is 5.97 Å². The Morgan fingerprint density at radius 1 is 1.39 bits per heavy atom. The Labute approximate surface area is 138 Å². The van der Waals surface area contributed by atoms with Gasteiger partial charge in [-0.2, -0.15) is 0 Å². The number of carbonyl (C=O) groups is 2. The fraction of sp³-hybridized carbons (Fsp3) is 0.312. The number of aryl methyl sites for hydroxylation is 2. The lowest BCUT2D eigenvalue weighted by atomic mass is 10.2. The number of carboxylic acids is 1. The molecule has 0 radical (unpaired) electrons. The van der Waals surface area contributed by atoms with Gasteiger partial charge in [-0.25, -0.2) is 9.78 Å². The summed E-state index contributed by atoms with van der Waals surface area (Å²) >= 11 is 1.07. The molecule has 0 aliphatic heterocycles. The second kappa shape index (κ2) is 7.23. The molecule has 0 aliphatic carbocycles. The maximum atomic E-state index is 11.9. The number of carbonyl (C=O) groups excluding carboxylic acids is 1. The summed E-state index contributed by atoms with van der Waals surface area (Å²) in [6.45, 7) is 5.23. The van der Waals surface area contributed by atoms with Crippen LogP contribution in [-0.2, 0) is 4.79 Å². The fourth-order valence-corrected chi connectivity index (χ4v) is 2.91. The summed E-state index contributed by atoms with van der Waals surface area (Å²) in [6, 6.07) is 7.06. The lowest BCUT2D eigenvalue weighted by Gasteiger charge is -2.12. The first-order valence-corrected chi connectivity index (χ1v) is 7.88. The molecule has 122 valence electrons. The number of hydrogen-bond acceptors (Lipinski definition) is 5. The van der Waals surface area contributed by atoms with E-state index in [4.69, 9.17) is 9.84 Å². The lowest BCUT2D eigenvalue weighted by molar-refractivity contribution is -0.123. The van der Waals surface area contributed by atoms with Gasteiger partial charge in [0, 0.05) is 0 Å². The number of aromatic carboxylic acids is 1. The average Bonchev–Trinajstić information content (AvgIpc) is 2.87. The van der Waals surface area contributed by atoms with E-state index in [0.717, 1.165) is 16.9 Å². The van der Waals surface area contributed by atoms with Gasteiger partial charge in [0.15, 0.2) is 6.61 Å². The quantitative estimate of drug-likeness (QED) is 0.848. The number of nitrogens with one attached hydrogen (secondary N) is 1. The van der Waals surface area contributed by atoms with Crippen molar-refractivity contribution in [2.45, 2.75) is 26.8 Å². The minimum absolute atomic E-state index is 0.107. The van der Waals surface area contributed by atoms with Gasteiger partial charge in [0.05, 0.1) is 11.7 Å². The summed E-state index contributed by atoms with van der Waals surface area (Å²) in [5, 5.41) is 12.3.